The predicted molar refractivity (Wildman–Crippen MR) is 106 cm³/mol. The standard InChI is InChI=1S/C21H26N2O3S/c1-16-8-10-20(11-9-16)27(25,26)23-12-4-7-19(15-23)21(24)22-14-18-6-3-5-17(2)13-18/h3,5-6,8-11,13,19H,4,7,12,14-15H2,1-2H3,(H,22,24)/t19-/m1/s1. The van der Waals surface area contributed by atoms with Crippen LogP contribution in [0.1, 0.15) is 29.5 Å². The molecule has 1 N–H and O–H groups in total. The molecule has 0 spiro atoms. The van der Waals surface area contributed by atoms with Gasteiger partial charge in [0.05, 0.1) is 10.8 Å². The molecule has 144 valence electrons. The van der Waals surface area contributed by atoms with E-state index in [0.717, 1.165) is 16.7 Å². The molecule has 5 nitrogen and oxygen atoms in total. The highest BCUT2D eigenvalue weighted by molar-refractivity contribution is 7.89. The highest BCUT2D eigenvalue weighted by Crippen LogP contribution is 2.24. The summed E-state index contributed by atoms with van der Waals surface area (Å²) in [4.78, 5) is 12.9. The van der Waals surface area contributed by atoms with E-state index in [-0.39, 0.29) is 23.3 Å². The quantitative estimate of drug-likeness (QED) is 0.859. The van der Waals surface area contributed by atoms with Crippen LogP contribution in [0.4, 0.5) is 0 Å². The minimum Gasteiger partial charge on any atom is -0.352 e. The Bertz CT molecular complexity index is 907. The van der Waals surface area contributed by atoms with Crippen molar-refractivity contribution in [3.63, 3.8) is 0 Å². The van der Waals surface area contributed by atoms with Gasteiger partial charge in [-0.1, -0.05) is 47.5 Å². The normalized spacial score (nSPS) is 18.2. The lowest BCUT2D eigenvalue weighted by Gasteiger charge is -2.31. The van der Waals surface area contributed by atoms with Crippen LogP contribution in [0.25, 0.3) is 0 Å². The lowest BCUT2D eigenvalue weighted by molar-refractivity contribution is -0.126. The van der Waals surface area contributed by atoms with Crippen LogP contribution in [0.15, 0.2) is 53.4 Å². The van der Waals surface area contributed by atoms with Crippen molar-refractivity contribution in [3.8, 4) is 0 Å². The number of sulfonamides is 1. The molecule has 0 radical (unpaired) electrons. The van der Waals surface area contributed by atoms with Gasteiger partial charge in [0.25, 0.3) is 0 Å². The Balaban J connectivity index is 1.64. The van der Waals surface area contributed by atoms with Crippen molar-refractivity contribution in [1.82, 2.24) is 9.62 Å². The third-order valence-corrected chi connectivity index (χ3v) is 6.84. The van der Waals surface area contributed by atoms with Crippen molar-refractivity contribution in [3.05, 3.63) is 65.2 Å². The van der Waals surface area contributed by atoms with Gasteiger partial charge >= 0.3 is 0 Å². The number of rotatable bonds is 5. The fourth-order valence-electron chi connectivity index (χ4n) is 3.39. The largest absolute Gasteiger partial charge is 0.352 e. The number of hydrogen-bond acceptors (Lipinski definition) is 3. The molecule has 0 unspecified atom stereocenters. The zero-order valence-corrected chi connectivity index (χ0v) is 16.6. The first kappa shape index (κ1) is 19.6. The average molecular weight is 387 g/mol. The molecule has 0 aliphatic carbocycles. The number of hydrogen-bond donors (Lipinski definition) is 1. The van der Waals surface area contributed by atoms with Crippen LogP contribution in [-0.2, 0) is 21.4 Å². The van der Waals surface area contributed by atoms with E-state index in [2.05, 4.69) is 5.32 Å². The van der Waals surface area contributed by atoms with Gasteiger partial charge in [-0.25, -0.2) is 8.42 Å². The average Bonchev–Trinajstić information content (AvgIpc) is 2.66. The lowest BCUT2D eigenvalue weighted by atomic mass is 9.98. The maximum Gasteiger partial charge on any atom is 0.243 e. The van der Waals surface area contributed by atoms with E-state index < -0.39 is 10.0 Å². The maximum absolute atomic E-state index is 12.9. The SMILES string of the molecule is Cc1ccc(S(=O)(=O)N2CCC[C@@H](C(=O)NCc3cccc(C)c3)C2)cc1. The number of amides is 1. The first-order chi connectivity index (χ1) is 12.9. The van der Waals surface area contributed by atoms with Gasteiger partial charge in [0.2, 0.25) is 15.9 Å². The van der Waals surface area contributed by atoms with Crippen LogP contribution in [0.5, 0.6) is 0 Å². The van der Waals surface area contributed by atoms with Crippen LogP contribution in [0.2, 0.25) is 0 Å². The summed E-state index contributed by atoms with van der Waals surface area (Å²) in [6, 6.07) is 14.8. The fraction of sp³-hybridized carbons (Fsp3) is 0.381. The molecule has 6 heteroatoms. The minimum atomic E-state index is -3.56. The molecule has 1 saturated heterocycles. The van der Waals surface area contributed by atoms with Crippen molar-refractivity contribution in [2.75, 3.05) is 13.1 Å². The topological polar surface area (TPSA) is 66.5 Å². The molecule has 0 aromatic heterocycles. The van der Waals surface area contributed by atoms with Gasteiger partial charge in [0.15, 0.2) is 0 Å². The maximum atomic E-state index is 12.9. The van der Waals surface area contributed by atoms with E-state index in [1.54, 1.807) is 24.3 Å². The van der Waals surface area contributed by atoms with Crippen molar-refractivity contribution in [2.24, 2.45) is 5.92 Å². The molecule has 1 amide bonds. The number of carbonyl (C=O) groups excluding carboxylic acids is 1. The van der Waals surface area contributed by atoms with Crippen molar-refractivity contribution >= 4 is 15.9 Å². The fourth-order valence-corrected chi connectivity index (χ4v) is 4.91. The van der Waals surface area contributed by atoms with Crippen LogP contribution >= 0.6 is 0 Å². The second kappa shape index (κ2) is 8.23. The summed E-state index contributed by atoms with van der Waals surface area (Å²) in [7, 11) is -3.56. The summed E-state index contributed by atoms with van der Waals surface area (Å²) < 4.78 is 27.2. The summed E-state index contributed by atoms with van der Waals surface area (Å²) in [6.07, 6.45) is 1.40. The number of carbonyl (C=O) groups is 1. The molecule has 0 bridgehead atoms. The first-order valence-corrected chi connectivity index (χ1v) is 10.7. The van der Waals surface area contributed by atoms with E-state index in [1.165, 1.54) is 4.31 Å². The van der Waals surface area contributed by atoms with Crippen LogP contribution in [-0.4, -0.2) is 31.7 Å². The summed E-state index contributed by atoms with van der Waals surface area (Å²) in [5.74, 6) is -0.399. The Morgan fingerprint density at radius 1 is 1.11 bits per heavy atom. The molecular formula is C21H26N2O3S. The molecule has 0 saturated carbocycles. The van der Waals surface area contributed by atoms with Crippen LogP contribution in [0, 0.1) is 19.8 Å². The Kier molecular flexibility index (Phi) is 5.97. The van der Waals surface area contributed by atoms with E-state index in [1.807, 2.05) is 38.1 Å². The molecular weight excluding hydrogens is 360 g/mol. The van der Waals surface area contributed by atoms with Gasteiger partial charge in [0, 0.05) is 19.6 Å². The van der Waals surface area contributed by atoms with Gasteiger partial charge in [-0.05, 0) is 44.4 Å². The first-order valence-electron chi connectivity index (χ1n) is 9.26. The number of nitrogens with one attached hydrogen (secondary N) is 1. The molecule has 1 aliphatic heterocycles. The Hall–Kier alpha value is -2.18. The summed E-state index contributed by atoms with van der Waals surface area (Å²) in [5.41, 5.74) is 3.21. The smallest absolute Gasteiger partial charge is 0.243 e. The van der Waals surface area contributed by atoms with Crippen molar-refractivity contribution < 1.29 is 13.2 Å². The molecule has 1 fully saturated rings. The van der Waals surface area contributed by atoms with E-state index in [9.17, 15) is 13.2 Å². The third-order valence-electron chi connectivity index (χ3n) is 4.96. The zero-order chi connectivity index (χ0) is 19.4. The van der Waals surface area contributed by atoms with Crippen molar-refractivity contribution in [2.45, 2.75) is 38.1 Å². The summed E-state index contributed by atoms with van der Waals surface area (Å²) in [6.45, 7) is 5.08. The number of benzene rings is 2. The van der Waals surface area contributed by atoms with Crippen molar-refractivity contribution in [1.29, 1.82) is 0 Å². The van der Waals surface area contributed by atoms with Gasteiger partial charge in [0.1, 0.15) is 0 Å². The number of piperidine rings is 1. The van der Waals surface area contributed by atoms with Gasteiger partial charge < -0.3 is 5.32 Å². The highest BCUT2D eigenvalue weighted by atomic mass is 32.2. The monoisotopic (exact) mass is 386 g/mol. The van der Waals surface area contributed by atoms with Gasteiger partial charge in [-0.3, -0.25) is 4.79 Å². The van der Waals surface area contributed by atoms with E-state index in [0.29, 0.717) is 25.9 Å². The predicted octanol–water partition coefficient (Wildman–Crippen LogP) is 3.02. The van der Waals surface area contributed by atoms with Crippen LogP contribution in [0.3, 0.4) is 0 Å². The Morgan fingerprint density at radius 2 is 1.85 bits per heavy atom. The number of nitrogens with zero attached hydrogens (tertiary/aromatic N) is 1. The molecule has 2 aromatic rings. The summed E-state index contributed by atoms with van der Waals surface area (Å²) in [5, 5.41) is 2.95. The third kappa shape index (κ3) is 4.76. The number of aryl methyl sites for hydroxylation is 2. The highest BCUT2D eigenvalue weighted by Gasteiger charge is 2.33. The molecule has 27 heavy (non-hydrogen) atoms. The second-order valence-corrected chi connectivity index (χ2v) is 9.16. The molecule has 1 heterocycles. The molecule has 1 aliphatic rings. The summed E-state index contributed by atoms with van der Waals surface area (Å²) >= 11 is 0. The zero-order valence-electron chi connectivity index (χ0n) is 15.8. The van der Waals surface area contributed by atoms with Gasteiger partial charge in [-0.2, -0.15) is 4.31 Å². The van der Waals surface area contributed by atoms with E-state index >= 15 is 0 Å². The van der Waals surface area contributed by atoms with Gasteiger partial charge in [-0.15, -0.1) is 0 Å². The Morgan fingerprint density at radius 3 is 2.56 bits per heavy atom. The minimum absolute atomic E-state index is 0.0830. The van der Waals surface area contributed by atoms with E-state index in [4.69, 9.17) is 0 Å². The van der Waals surface area contributed by atoms with Crippen LogP contribution < -0.4 is 5.32 Å². The second-order valence-electron chi connectivity index (χ2n) is 7.22. The molecule has 1 atom stereocenters. The molecule has 3 rings (SSSR count). The Labute approximate surface area is 161 Å². The lowest BCUT2D eigenvalue weighted by Crippen LogP contribution is -2.45. The molecule has 2 aromatic carbocycles.